The Morgan fingerprint density at radius 3 is 2.27 bits per heavy atom. The summed E-state index contributed by atoms with van der Waals surface area (Å²) in [5.41, 5.74) is 1.77. The molecule has 160 valence electrons. The fraction of sp³-hybridized carbons (Fsp3) is 0.391. The number of anilines is 1. The van der Waals surface area contributed by atoms with E-state index in [4.69, 9.17) is 19.4 Å². The van der Waals surface area contributed by atoms with Crippen LogP contribution in [0, 0.1) is 0 Å². The average Bonchev–Trinajstić information content (AvgIpc) is 2.78. The Morgan fingerprint density at radius 1 is 0.967 bits per heavy atom. The number of rotatable bonds is 10. The summed E-state index contributed by atoms with van der Waals surface area (Å²) in [6.07, 6.45) is 1.04. The lowest BCUT2D eigenvalue weighted by Gasteiger charge is -2.18. The molecule has 0 amide bonds. The van der Waals surface area contributed by atoms with Gasteiger partial charge in [-0.25, -0.2) is 9.97 Å². The summed E-state index contributed by atoms with van der Waals surface area (Å²) in [6, 6.07) is 11.8. The zero-order valence-electron chi connectivity index (χ0n) is 18.0. The Labute approximate surface area is 186 Å². The summed E-state index contributed by atoms with van der Waals surface area (Å²) in [6.45, 7) is 8.41. The van der Waals surface area contributed by atoms with Gasteiger partial charge in [-0.2, -0.15) is 0 Å². The third-order valence-corrected chi connectivity index (χ3v) is 5.67. The third kappa shape index (κ3) is 5.21. The molecule has 2 aromatic carbocycles. The standard InChI is InChI=1S/C23H29BrN4O2/c1-5-28(6-2)13-7-12-25-23-18-14-20(29-3)21(30-4)15-19(18)26-22(27-23)16-8-10-17(24)11-9-16/h8-11,14-15H,5-7,12-13H2,1-4H3,(H,25,26,27). The molecular weight excluding hydrogens is 444 g/mol. The Hall–Kier alpha value is -2.38. The lowest BCUT2D eigenvalue weighted by Crippen LogP contribution is -2.25. The van der Waals surface area contributed by atoms with Crippen LogP contribution >= 0.6 is 15.9 Å². The van der Waals surface area contributed by atoms with Gasteiger partial charge in [0.05, 0.1) is 19.7 Å². The summed E-state index contributed by atoms with van der Waals surface area (Å²) in [7, 11) is 3.27. The highest BCUT2D eigenvalue weighted by atomic mass is 79.9. The number of benzene rings is 2. The predicted octanol–water partition coefficient (Wildman–Crippen LogP) is 5.22. The molecule has 0 saturated heterocycles. The maximum absolute atomic E-state index is 5.49. The SMILES string of the molecule is CCN(CC)CCCNc1nc(-c2ccc(Br)cc2)nc2cc(OC)c(OC)cc12. The minimum Gasteiger partial charge on any atom is -0.493 e. The highest BCUT2D eigenvalue weighted by Gasteiger charge is 2.14. The molecule has 0 saturated carbocycles. The molecule has 3 rings (SSSR count). The second-order valence-corrected chi connectivity index (χ2v) is 7.85. The Balaban J connectivity index is 1.97. The van der Waals surface area contributed by atoms with E-state index < -0.39 is 0 Å². The topological polar surface area (TPSA) is 59.5 Å². The lowest BCUT2D eigenvalue weighted by molar-refractivity contribution is 0.303. The van der Waals surface area contributed by atoms with Crippen LogP contribution in [0.3, 0.4) is 0 Å². The molecule has 0 atom stereocenters. The van der Waals surface area contributed by atoms with E-state index in [2.05, 4.69) is 40.0 Å². The average molecular weight is 473 g/mol. The number of halogens is 1. The Bertz CT molecular complexity index is 975. The van der Waals surface area contributed by atoms with E-state index in [1.54, 1.807) is 14.2 Å². The number of nitrogens with one attached hydrogen (secondary N) is 1. The van der Waals surface area contributed by atoms with Crippen molar-refractivity contribution in [2.24, 2.45) is 0 Å². The van der Waals surface area contributed by atoms with E-state index in [1.165, 1.54) is 0 Å². The second kappa shape index (κ2) is 10.6. The number of ether oxygens (including phenoxy) is 2. The summed E-state index contributed by atoms with van der Waals surface area (Å²) >= 11 is 3.48. The van der Waals surface area contributed by atoms with Crippen molar-refractivity contribution in [3.63, 3.8) is 0 Å². The van der Waals surface area contributed by atoms with E-state index in [9.17, 15) is 0 Å². The van der Waals surface area contributed by atoms with Gasteiger partial charge < -0.3 is 19.7 Å². The van der Waals surface area contributed by atoms with E-state index in [1.807, 2.05) is 36.4 Å². The Morgan fingerprint density at radius 2 is 1.63 bits per heavy atom. The molecule has 6 nitrogen and oxygen atoms in total. The van der Waals surface area contributed by atoms with Crippen LogP contribution in [0.2, 0.25) is 0 Å². The van der Waals surface area contributed by atoms with Gasteiger partial charge in [0.25, 0.3) is 0 Å². The van der Waals surface area contributed by atoms with Gasteiger partial charge in [0, 0.05) is 28.0 Å². The first-order chi connectivity index (χ1) is 14.6. The molecule has 1 aromatic heterocycles. The number of methoxy groups -OCH3 is 2. The fourth-order valence-corrected chi connectivity index (χ4v) is 3.63. The monoisotopic (exact) mass is 472 g/mol. The minimum absolute atomic E-state index is 0.651. The first-order valence-corrected chi connectivity index (χ1v) is 11.0. The molecule has 30 heavy (non-hydrogen) atoms. The first kappa shape index (κ1) is 22.3. The van der Waals surface area contributed by atoms with Crippen molar-refractivity contribution in [3.8, 4) is 22.9 Å². The van der Waals surface area contributed by atoms with Crippen molar-refractivity contribution < 1.29 is 9.47 Å². The molecule has 0 aliphatic rings. The molecule has 1 N–H and O–H groups in total. The molecule has 1 heterocycles. The predicted molar refractivity (Wildman–Crippen MR) is 127 cm³/mol. The molecule has 0 unspecified atom stereocenters. The normalized spacial score (nSPS) is 11.1. The summed E-state index contributed by atoms with van der Waals surface area (Å²) in [4.78, 5) is 12.1. The van der Waals surface area contributed by atoms with E-state index in [0.29, 0.717) is 17.3 Å². The van der Waals surface area contributed by atoms with Gasteiger partial charge in [-0.15, -0.1) is 0 Å². The van der Waals surface area contributed by atoms with Gasteiger partial charge in [-0.05, 0) is 44.3 Å². The molecule has 7 heteroatoms. The van der Waals surface area contributed by atoms with Crippen LogP contribution in [-0.4, -0.2) is 55.3 Å². The number of hydrogen-bond donors (Lipinski definition) is 1. The number of nitrogens with zero attached hydrogens (tertiary/aromatic N) is 3. The molecule has 0 spiro atoms. The quantitative estimate of drug-likeness (QED) is 0.408. The van der Waals surface area contributed by atoms with Crippen molar-refractivity contribution in [3.05, 3.63) is 40.9 Å². The smallest absolute Gasteiger partial charge is 0.162 e. The number of hydrogen-bond acceptors (Lipinski definition) is 6. The van der Waals surface area contributed by atoms with Gasteiger partial charge in [-0.3, -0.25) is 0 Å². The molecular formula is C23H29BrN4O2. The fourth-order valence-electron chi connectivity index (χ4n) is 3.37. The molecule has 3 aromatic rings. The third-order valence-electron chi connectivity index (χ3n) is 5.14. The molecule has 0 fully saturated rings. The Kier molecular flexibility index (Phi) is 7.87. The van der Waals surface area contributed by atoms with E-state index in [-0.39, 0.29) is 0 Å². The van der Waals surface area contributed by atoms with Crippen molar-refractivity contribution in [2.75, 3.05) is 45.7 Å². The minimum atomic E-state index is 0.651. The highest BCUT2D eigenvalue weighted by Crippen LogP contribution is 2.35. The highest BCUT2D eigenvalue weighted by molar-refractivity contribution is 9.10. The van der Waals surface area contributed by atoms with E-state index in [0.717, 1.165) is 59.4 Å². The lowest BCUT2D eigenvalue weighted by atomic mass is 10.1. The maximum Gasteiger partial charge on any atom is 0.162 e. The van der Waals surface area contributed by atoms with Crippen molar-refractivity contribution in [1.29, 1.82) is 0 Å². The van der Waals surface area contributed by atoms with Gasteiger partial charge in [0.2, 0.25) is 0 Å². The van der Waals surface area contributed by atoms with Crippen LogP contribution in [0.1, 0.15) is 20.3 Å². The number of aromatic nitrogens is 2. The largest absolute Gasteiger partial charge is 0.493 e. The van der Waals surface area contributed by atoms with Crippen molar-refractivity contribution in [1.82, 2.24) is 14.9 Å². The van der Waals surface area contributed by atoms with E-state index >= 15 is 0 Å². The summed E-state index contributed by atoms with van der Waals surface area (Å²) in [5.74, 6) is 2.79. The molecule has 0 aliphatic heterocycles. The molecule has 0 aliphatic carbocycles. The summed E-state index contributed by atoms with van der Waals surface area (Å²) in [5, 5.41) is 4.43. The van der Waals surface area contributed by atoms with Gasteiger partial charge >= 0.3 is 0 Å². The summed E-state index contributed by atoms with van der Waals surface area (Å²) < 4.78 is 12.0. The van der Waals surface area contributed by atoms with Crippen LogP contribution < -0.4 is 14.8 Å². The maximum atomic E-state index is 5.49. The number of fused-ring (bicyclic) bond motifs is 1. The zero-order chi connectivity index (χ0) is 21.5. The van der Waals surface area contributed by atoms with Gasteiger partial charge in [-0.1, -0.05) is 41.9 Å². The van der Waals surface area contributed by atoms with Crippen molar-refractivity contribution >= 4 is 32.7 Å². The molecule has 0 bridgehead atoms. The van der Waals surface area contributed by atoms with Crippen LogP contribution in [-0.2, 0) is 0 Å². The van der Waals surface area contributed by atoms with Gasteiger partial charge in [0.15, 0.2) is 17.3 Å². The van der Waals surface area contributed by atoms with Crippen LogP contribution in [0.25, 0.3) is 22.3 Å². The first-order valence-electron chi connectivity index (χ1n) is 10.3. The van der Waals surface area contributed by atoms with Gasteiger partial charge in [0.1, 0.15) is 5.82 Å². The van der Waals surface area contributed by atoms with Crippen LogP contribution in [0.4, 0.5) is 5.82 Å². The molecule has 0 radical (unpaired) electrons. The van der Waals surface area contributed by atoms with Crippen molar-refractivity contribution in [2.45, 2.75) is 20.3 Å². The second-order valence-electron chi connectivity index (χ2n) is 6.93. The van der Waals surface area contributed by atoms with Crippen LogP contribution in [0.15, 0.2) is 40.9 Å². The van der Waals surface area contributed by atoms with Crippen LogP contribution in [0.5, 0.6) is 11.5 Å². The zero-order valence-corrected chi connectivity index (χ0v) is 19.6.